The highest BCUT2D eigenvalue weighted by Gasteiger charge is 2.18. The number of nitrogens with one attached hydrogen (secondary N) is 1. The van der Waals surface area contributed by atoms with E-state index in [0.29, 0.717) is 6.54 Å². The number of hydrogen-bond acceptors (Lipinski definition) is 2. The van der Waals surface area contributed by atoms with Gasteiger partial charge in [0.25, 0.3) is 0 Å². The standard InChI is InChI=1S/C19H23NO2/c1-4-17(15-8-6-5-7-9-15)19(21)20-13-16-12-14(2)10-11-18(16)22-3/h5-12,17H,4,13H2,1-3H3,(H,20,21)/t17-/m1/s1. The van der Waals surface area contributed by atoms with Crippen molar-refractivity contribution in [1.82, 2.24) is 5.32 Å². The van der Waals surface area contributed by atoms with Crippen LogP contribution in [0, 0.1) is 6.92 Å². The second-order valence-electron chi connectivity index (χ2n) is 5.40. The molecule has 0 radical (unpaired) electrons. The Morgan fingerprint density at radius 2 is 1.91 bits per heavy atom. The molecule has 0 unspecified atom stereocenters. The van der Waals surface area contributed by atoms with Crippen molar-refractivity contribution in [3.05, 3.63) is 65.2 Å². The van der Waals surface area contributed by atoms with Crippen LogP contribution in [0.25, 0.3) is 0 Å². The maximum absolute atomic E-state index is 12.5. The zero-order valence-corrected chi connectivity index (χ0v) is 13.4. The van der Waals surface area contributed by atoms with Gasteiger partial charge in [-0.15, -0.1) is 0 Å². The Morgan fingerprint density at radius 1 is 1.18 bits per heavy atom. The van der Waals surface area contributed by atoms with E-state index in [1.54, 1.807) is 7.11 Å². The van der Waals surface area contributed by atoms with Gasteiger partial charge in [-0.05, 0) is 25.0 Å². The third kappa shape index (κ3) is 3.88. The number of benzene rings is 2. The van der Waals surface area contributed by atoms with Gasteiger partial charge in [0, 0.05) is 12.1 Å². The molecule has 0 aromatic heterocycles. The molecule has 1 atom stereocenters. The van der Waals surface area contributed by atoms with E-state index in [1.165, 1.54) is 0 Å². The Morgan fingerprint density at radius 3 is 2.55 bits per heavy atom. The number of amides is 1. The van der Waals surface area contributed by atoms with Crippen molar-refractivity contribution >= 4 is 5.91 Å². The van der Waals surface area contributed by atoms with Crippen molar-refractivity contribution in [2.45, 2.75) is 32.7 Å². The summed E-state index contributed by atoms with van der Waals surface area (Å²) in [5.74, 6) is 0.743. The van der Waals surface area contributed by atoms with Crippen molar-refractivity contribution in [2.24, 2.45) is 0 Å². The van der Waals surface area contributed by atoms with E-state index < -0.39 is 0 Å². The highest BCUT2D eigenvalue weighted by Crippen LogP contribution is 2.22. The van der Waals surface area contributed by atoms with Gasteiger partial charge in [-0.1, -0.05) is 55.0 Å². The molecule has 2 aromatic carbocycles. The van der Waals surface area contributed by atoms with E-state index in [9.17, 15) is 4.79 Å². The molecule has 0 heterocycles. The van der Waals surface area contributed by atoms with Crippen molar-refractivity contribution in [3.63, 3.8) is 0 Å². The summed E-state index contributed by atoms with van der Waals surface area (Å²) in [6.07, 6.45) is 0.779. The Hall–Kier alpha value is -2.29. The molecule has 3 nitrogen and oxygen atoms in total. The Balaban J connectivity index is 2.07. The molecule has 0 saturated carbocycles. The second kappa shape index (κ2) is 7.64. The zero-order chi connectivity index (χ0) is 15.9. The van der Waals surface area contributed by atoms with Crippen LogP contribution in [-0.2, 0) is 11.3 Å². The lowest BCUT2D eigenvalue weighted by Crippen LogP contribution is -2.28. The van der Waals surface area contributed by atoms with Crippen molar-refractivity contribution in [3.8, 4) is 5.75 Å². The summed E-state index contributed by atoms with van der Waals surface area (Å²) < 4.78 is 5.35. The molecule has 0 saturated heterocycles. The number of carbonyl (C=O) groups is 1. The summed E-state index contributed by atoms with van der Waals surface area (Å²) in [4.78, 5) is 12.5. The van der Waals surface area contributed by atoms with Gasteiger partial charge in [-0.3, -0.25) is 4.79 Å². The first-order chi connectivity index (χ1) is 10.7. The predicted octanol–water partition coefficient (Wildman–Crippen LogP) is 3.81. The predicted molar refractivity (Wildman–Crippen MR) is 89.1 cm³/mol. The second-order valence-corrected chi connectivity index (χ2v) is 5.40. The first-order valence-electron chi connectivity index (χ1n) is 7.62. The Bertz CT molecular complexity index is 623. The molecule has 2 rings (SSSR count). The van der Waals surface area contributed by atoms with Gasteiger partial charge in [0.2, 0.25) is 5.91 Å². The minimum absolute atomic E-state index is 0.0530. The van der Waals surface area contributed by atoms with E-state index in [1.807, 2.05) is 62.4 Å². The lowest BCUT2D eigenvalue weighted by atomic mass is 9.95. The summed E-state index contributed by atoms with van der Waals surface area (Å²) in [5, 5.41) is 3.03. The molecule has 1 N–H and O–H groups in total. The van der Waals surface area contributed by atoms with Crippen LogP contribution in [0.2, 0.25) is 0 Å². The van der Waals surface area contributed by atoms with E-state index in [2.05, 4.69) is 5.32 Å². The molecule has 0 fully saturated rings. The third-order valence-corrected chi connectivity index (χ3v) is 3.82. The highest BCUT2D eigenvalue weighted by molar-refractivity contribution is 5.83. The van der Waals surface area contributed by atoms with Crippen LogP contribution in [-0.4, -0.2) is 13.0 Å². The van der Waals surface area contributed by atoms with Gasteiger partial charge in [0.1, 0.15) is 5.75 Å². The van der Waals surface area contributed by atoms with Gasteiger partial charge in [-0.2, -0.15) is 0 Å². The van der Waals surface area contributed by atoms with Gasteiger partial charge in [0.15, 0.2) is 0 Å². The number of rotatable bonds is 6. The zero-order valence-electron chi connectivity index (χ0n) is 13.4. The van der Waals surface area contributed by atoms with Gasteiger partial charge in [-0.25, -0.2) is 0 Å². The molecule has 0 aliphatic rings. The van der Waals surface area contributed by atoms with Crippen LogP contribution in [0.1, 0.15) is 36.0 Å². The van der Waals surface area contributed by atoms with E-state index in [0.717, 1.165) is 28.9 Å². The average Bonchev–Trinajstić information content (AvgIpc) is 2.55. The number of carbonyl (C=O) groups excluding carboxylic acids is 1. The highest BCUT2D eigenvalue weighted by atomic mass is 16.5. The van der Waals surface area contributed by atoms with Crippen LogP contribution in [0.5, 0.6) is 5.75 Å². The Labute approximate surface area is 132 Å². The molecule has 1 amide bonds. The van der Waals surface area contributed by atoms with E-state index in [4.69, 9.17) is 4.74 Å². The largest absolute Gasteiger partial charge is 0.496 e. The monoisotopic (exact) mass is 297 g/mol. The van der Waals surface area contributed by atoms with Crippen LogP contribution in [0.4, 0.5) is 0 Å². The molecule has 116 valence electrons. The molecule has 0 aliphatic carbocycles. The minimum Gasteiger partial charge on any atom is -0.496 e. The van der Waals surface area contributed by atoms with E-state index in [-0.39, 0.29) is 11.8 Å². The van der Waals surface area contributed by atoms with Crippen molar-refractivity contribution in [2.75, 3.05) is 7.11 Å². The maximum atomic E-state index is 12.5. The molecule has 22 heavy (non-hydrogen) atoms. The van der Waals surface area contributed by atoms with Gasteiger partial charge < -0.3 is 10.1 Å². The maximum Gasteiger partial charge on any atom is 0.227 e. The van der Waals surface area contributed by atoms with Crippen LogP contribution in [0.3, 0.4) is 0 Å². The SMILES string of the molecule is CC[C@@H](C(=O)NCc1cc(C)ccc1OC)c1ccccc1. The summed E-state index contributed by atoms with van der Waals surface area (Å²) in [7, 11) is 1.65. The summed E-state index contributed by atoms with van der Waals surface area (Å²) in [6.45, 7) is 4.54. The van der Waals surface area contributed by atoms with Crippen molar-refractivity contribution < 1.29 is 9.53 Å². The molecular formula is C19H23NO2. The summed E-state index contributed by atoms with van der Waals surface area (Å²) in [6, 6.07) is 15.9. The average molecular weight is 297 g/mol. The summed E-state index contributed by atoms with van der Waals surface area (Å²) >= 11 is 0. The quantitative estimate of drug-likeness (QED) is 0.880. The number of methoxy groups -OCH3 is 1. The van der Waals surface area contributed by atoms with Gasteiger partial charge >= 0.3 is 0 Å². The fraction of sp³-hybridized carbons (Fsp3) is 0.316. The van der Waals surface area contributed by atoms with Crippen LogP contribution in [0.15, 0.2) is 48.5 Å². The first-order valence-corrected chi connectivity index (χ1v) is 7.62. The Kier molecular flexibility index (Phi) is 5.59. The number of aryl methyl sites for hydroxylation is 1. The lowest BCUT2D eigenvalue weighted by Gasteiger charge is -2.16. The van der Waals surface area contributed by atoms with Gasteiger partial charge in [0.05, 0.1) is 13.0 Å². The normalized spacial score (nSPS) is 11.8. The minimum atomic E-state index is -0.114. The molecule has 2 aromatic rings. The summed E-state index contributed by atoms with van der Waals surface area (Å²) in [5.41, 5.74) is 3.21. The molecule has 3 heteroatoms. The molecular weight excluding hydrogens is 274 g/mol. The fourth-order valence-corrected chi connectivity index (χ4v) is 2.61. The smallest absolute Gasteiger partial charge is 0.227 e. The molecule has 0 bridgehead atoms. The van der Waals surface area contributed by atoms with Crippen LogP contribution >= 0.6 is 0 Å². The van der Waals surface area contributed by atoms with Crippen molar-refractivity contribution in [1.29, 1.82) is 0 Å². The first kappa shape index (κ1) is 16.1. The topological polar surface area (TPSA) is 38.3 Å². The molecule has 0 aliphatic heterocycles. The van der Waals surface area contributed by atoms with E-state index >= 15 is 0 Å². The molecule has 0 spiro atoms. The van der Waals surface area contributed by atoms with Crippen LogP contribution < -0.4 is 10.1 Å². The lowest BCUT2D eigenvalue weighted by molar-refractivity contribution is -0.122. The third-order valence-electron chi connectivity index (χ3n) is 3.82. The number of hydrogen-bond donors (Lipinski definition) is 1. The fourth-order valence-electron chi connectivity index (χ4n) is 2.61. The number of ether oxygens (including phenoxy) is 1.